The number of hydrogen-bond acceptors (Lipinski definition) is 4. The largest absolute Gasteiger partial charge is 0.343 e. The first-order valence-electron chi connectivity index (χ1n) is 7.81. The van der Waals surface area contributed by atoms with Crippen molar-refractivity contribution in [2.45, 2.75) is 31.7 Å². The first-order chi connectivity index (χ1) is 11.1. The van der Waals surface area contributed by atoms with Gasteiger partial charge in [-0.1, -0.05) is 23.7 Å². The summed E-state index contributed by atoms with van der Waals surface area (Å²) in [5.74, 6) is 0.0163. The molecule has 0 aliphatic carbocycles. The summed E-state index contributed by atoms with van der Waals surface area (Å²) in [6, 6.07) is 6.28. The molecular weight excluding hydrogens is 316 g/mol. The zero-order valence-corrected chi connectivity index (χ0v) is 13.5. The second-order valence-electron chi connectivity index (χ2n) is 5.74. The molecule has 7 heteroatoms. The molecule has 23 heavy (non-hydrogen) atoms. The normalized spacial score (nSPS) is 21.4. The smallest absolute Gasteiger partial charge is 0.249 e. The molecule has 2 N–H and O–H groups in total. The predicted molar refractivity (Wildman–Crippen MR) is 89.5 cm³/mol. The van der Waals surface area contributed by atoms with Crippen LogP contribution in [0.2, 0.25) is 5.02 Å². The maximum atomic E-state index is 12.4. The van der Waals surface area contributed by atoms with Crippen LogP contribution in [0.15, 0.2) is 29.3 Å². The van der Waals surface area contributed by atoms with E-state index < -0.39 is 6.04 Å². The average Bonchev–Trinajstić information content (AvgIpc) is 2.57. The Morgan fingerprint density at radius 3 is 2.74 bits per heavy atom. The molecule has 1 atom stereocenters. The maximum Gasteiger partial charge on any atom is 0.249 e. The van der Waals surface area contributed by atoms with Gasteiger partial charge in [-0.25, -0.2) is 4.99 Å². The zero-order chi connectivity index (χ0) is 16.2. The van der Waals surface area contributed by atoms with Gasteiger partial charge in [0.1, 0.15) is 6.04 Å². The third-order valence-corrected chi connectivity index (χ3v) is 4.33. The number of anilines is 1. The summed E-state index contributed by atoms with van der Waals surface area (Å²) in [7, 11) is 0. The number of para-hydroxylation sites is 1. The molecule has 1 aromatic carbocycles. The number of carbonyl (C=O) groups excluding carboxylic acids is 2. The highest BCUT2D eigenvalue weighted by molar-refractivity contribution is 6.33. The number of rotatable bonds is 2. The van der Waals surface area contributed by atoms with Crippen LogP contribution >= 0.6 is 11.6 Å². The topological polar surface area (TPSA) is 73.8 Å². The van der Waals surface area contributed by atoms with Gasteiger partial charge in [-0.15, -0.1) is 0 Å². The SMILES string of the molecule is O=C1CC(C(=O)Nc2ccccc2Cl)N=C(N2CCCCC2)N1. The number of guanidine groups is 1. The van der Waals surface area contributed by atoms with Crippen molar-refractivity contribution in [2.24, 2.45) is 4.99 Å². The number of amides is 2. The van der Waals surface area contributed by atoms with Crippen LogP contribution in [0, 0.1) is 0 Å². The number of piperidine rings is 1. The van der Waals surface area contributed by atoms with Gasteiger partial charge in [-0.3, -0.25) is 14.9 Å². The van der Waals surface area contributed by atoms with E-state index in [1.54, 1.807) is 24.3 Å². The lowest BCUT2D eigenvalue weighted by atomic mass is 10.1. The molecule has 0 saturated carbocycles. The van der Waals surface area contributed by atoms with E-state index in [4.69, 9.17) is 11.6 Å². The Balaban J connectivity index is 1.73. The van der Waals surface area contributed by atoms with E-state index in [0.717, 1.165) is 25.9 Å². The average molecular weight is 335 g/mol. The van der Waals surface area contributed by atoms with Gasteiger partial charge in [0, 0.05) is 13.1 Å². The Labute approximate surface area is 139 Å². The summed E-state index contributed by atoms with van der Waals surface area (Å²) in [6.07, 6.45) is 3.39. The number of aliphatic imine (C=N–C) groups is 1. The minimum Gasteiger partial charge on any atom is -0.343 e. The molecule has 3 rings (SSSR count). The van der Waals surface area contributed by atoms with Crippen LogP contribution in [-0.4, -0.2) is 41.8 Å². The second-order valence-corrected chi connectivity index (χ2v) is 6.14. The second kappa shape index (κ2) is 7.00. The molecule has 0 spiro atoms. The molecular formula is C16H19ClN4O2. The molecule has 1 fully saturated rings. The van der Waals surface area contributed by atoms with Crippen LogP contribution in [0.3, 0.4) is 0 Å². The molecule has 122 valence electrons. The Morgan fingerprint density at radius 1 is 1.26 bits per heavy atom. The summed E-state index contributed by atoms with van der Waals surface area (Å²) in [6.45, 7) is 1.72. The van der Waals surface area contributed by atoms with Crippen molar-refractivity contribution in [1.29, 1.82) is 0 Å². The molecule has 1 aromatic rings. The number of halogens is 1. The summed E-state index contributed by atoms with van der Waals surface area (Å²) in [4.78, 5) is 30.8. The third kappa shape index (κ3) is 3.82. The van der Waals surface area contributed by atoms with Crippen LogP contribution in [0.5, 0.6) is 0 Å². The minimum atomic E-state index is -0.725. The zero-order valence-electron chi connectivity index (χ0n) is 12.7. The number of likely N-dealkylation sites (tertiary alicyclic amines) is 1. The summed E-state index contributed by atoms with van der Waals surface area (Å²) in [5, 5.41) is 5.98. The van der Waals surface area contributed by atoms with Crippen molar-refractivity contribution in [3.63, 3.8) is 0 Å². The van der Waals surface area contributed by atoms with Gasteiger partial charge in [-0.2, -0.15) is 0 Å². The summed E-state index contributed by atoms with van der Waals surface area (Å²) < 4.78 is 0. The first kappa shape index (κ1) is 15.8. The Morgan fingerprint density at radius 2 is 2.00 bits per heavy atom. The van der Waals surface area contributed by atoms with Gasteiger partial charge >= 0.3 is 0 Å². The van der Waals surface area contributed by atoms with E-state index >= 15 is 0 Å². The van der Waals surface area contributed by atoms with E-state index in [0.29, 0.717) is 16.7 Å². The molecule has 1 saturated heterocycles. The van der Waals surface area contributed by atoms with Crippen molar-refractivity contribution >= 4 is 35.1 Å². The molecule has 0 bridgehead atoms. The van der Waals surface area contributed by atoms with Gasteiger partial charge in [0.2, 0.25) is 17.8 Å². The van der Waals surface area contributed by atoms with E-state index in [9.17, 15) is 9.59 Å². The van der Waals surface area contributed by atoms with Crippen molar-refractivity contribution in [3.8, 4) is 0 Å². The number of nitrogens with one attached hydrogen (secondary N) is 2. The standard InChI is InChI=1S/C16H19ClN4O2/c17-11-6-2-3-7-12(11)18-15(23)13-10-14(22)20-16(19-13)21-8-4-1-5-9-21/h2-3,6-7,13H,1,4-5,8-10H2,(H,18,23)(H,19,20,22). The molecule has 2 aliphatic heterocycles. The molecule has 2 aliphatic rings. The summed E-state index contributed by atoms with van der Waals surface area (Å²) >= 11 is 6.05. The van der Waals surface area contributed by atoms with Crippen molar-refractivity contribution in [3.05, 3.63) is 29.3 Å². The van der Waals surface area contributed by atoms with E-state index in [1.165, 1.54) is 6.42 Å². The fraction of sp³-hybridized carbons (Fsp3) is 0.438. The Kier molecular flexibility index (Phi) is 4.81. The van der Waals surface area contributed by atoms with E-state index in [2.05, 4.69) is 15.6 Å². The van der Waals surface area contributed by atoms with Crippen LogP contribution < -0.4 is 10.6 Å². The van der Waals surface area contributed by atoms with E-state index in [1.807, 2.05) is 4.90 Å². The highest BCUT2D eigenvalue weighted by Crippen LogP contribution is 2.21. The van der Waals surface area contributed by atoms with Gasteiger partial charge in [-0.05, 0) is 31.4 Å². The first-order valence-corrected chi connectivity index (χ1v) is 8.19. The lowest BCUT2D eigenvalue weighted by Gasteiger charge is -2.32. The molecule has 0 radical (unpaired) electrons. The fourth-order valence-corrected chi connectivity index (χ4v) is 2.96. The monoisotopic (exact) mass is 334 g/mol. The van der Waals surface area contributed by atoms with Crippen LogP contribution in [0.1, 0.15) is 25.7 Å². The van der Waals surface area contributed by atoms with Crippen LogP contribution in [-0.2, 0) is 9.59 Å². The highest BCUT2D eigenvalue weighted by atomic mass is 35.5. The molecule has 2 heterocycles. The highest BCUT2D eigenvalue weighted by Gasteiger charge is 2.29. The number of carbonyl (C=O) groups is 2. The van der Waals surface area contributed by atoms with E-state index in [-0.39, 0.29) is 18.2 Å². The van der Waals surface area contributed by atoms with Gasteiger partial charge < -0.3 is 10.2 Å². The lowest BCUT2D eigenvalue weighted by molar-refractivity contribution is -0.125. The van der Waals surface area contributed by atoms with Gasteiger partial charge in [0.05, 0.1) is 17.1 Å². The number of hydrogen-bond donors (Lipinski definition) is 2. The van der Waals surface area contributed by atoms with Crippen LogP contribution in [0.25, 0.3) is 0 Å². The lowest BCUT2D eigenvalue weighted by Crippen LogP contribution is -2.51. The summed E-state index contributed by atoms with van der Waals surface area (Å²) in [5.41, 5.74) is 0.528. The minimum absolute atomic E-state index is 0.0492. The Bertz CT molecular complexity index is 641. The number of nitrogens with zero attached hydrogens (tertiary/aromatic N) is 2. The van der Waals surface area contributed by atoms with Crippen molar-refractivity contribution in [2.75, 3.05) is 18.4 Å². The van der Waals surface area contributed by atoms with Crippen molar-refractivity contribution in [1.82, 2.24) is 10.2 Å². The molecule has 6 nitrogen and oxygen atoms in total. The predicted octanol–water partition coefficient (Wildman–Crippen LogP) is 2.01. The van der Waals surface area contributed by atoms with Gasteiger partial charge in [0.15, 0.2) is 0 Å². The van der Waals surface area contributed by atoms with Crippen molar-refractivity contribution < 1.29 is 9.59 Å². The molecule has 2 amide bonds. The third-order valence-electron chi connectivity index (χ3n) is 4.00. The Hall–Kier alpha value is -2.08. The number of benzene rings is 1. The molecule has 0 aromatic heterocycles. The maximum absolute atomic E-state index is 12.4. The van der Waals surface area contributed by atoms with Crippen LogP contribution in [0.4, 0.5) is 5.69 Å². The molecule has 1 unspecified atom stereocenters. The fourth-order valence-electron chi connectivity index (χ4n) is 2.77. The quantitative estimate of drug-likeness (QED) is 0.869. The van der Waals surface area contributed by atoms with Gasteiger partial charge in [0.25, 0.3) is 0 Å².